The van der Waals surface area contributed by atoms with Crippen molar-refractivity contribution in [1.29, 1.82) is 0 Å². The first-order chi connectivity index (χ1) is 15.2. The number of nitrogens with zero attached hydrogens (tertiary/aromatic N) is 2. The normalized spacial score (nSPS) is 15.2. The van der Waals surface area contributed by atoms with Crippen molar-refractivity contribution in [1.82, 2.24) is 9.80 Å². The van der Waals surface area contributed by atoms with E-state index in [0.717, 1.165) is 12.1 Å². The van der Waals surface area contributed by atoms with E-state index in [0.29, 0.717) is 37.6 Å². The highest BCUT2D eigenvalue weighted by Crippen LogP contribution is 2.24. The van der Waals surface area contributed by atoms with Gasteiger partial charge in [-0.05, 0) is 48.5 Å². The molecule has 11 heteroatoms. The van der Waals surface area contributed by atoms with Crippen LogP contribution in [0.4, 0.5) is 28.9 Å². The molecule has 7 nitrogen and oxygen atoms in total. The molecule has 0 aliphatic carbocycles. The summed E-state index contributed by atoms with van der Waals surface area (Å²) in [4.78, 5) is 28.2. The molecule has 1 aliphatic heterocycles. The molecule has 3 rings (SSSR count). The fourth-order valence-electron chi connectivity index (χ4n) is 3.19. The summed E-state index contributed by atoms with van der Waals surface area (Å²) >= 11 is 0. The van der Waals surface area contributed by atoms with E-state index in [1.165, 1.54) is 36.4 Å². The van der Waals surface area contributed by atoms with Gasteiger partial charge in [0.1, 0.15) is 11.6 Å². The van der Waals surface area contributed by atoms with Gasteiger partial charge < -0.3 is 15.4 Å². The molecule has 172 valence electrons. The van der Waals surface area contributed by atoms with Gasteiger partial charge in [-0.2, -0.15) is 0 Å². The number of piperazine rings is 1. The van der Waals surface area contributed by atoms with Crippen LogP contribution in [0.25, 0.3) is 0 Å². The quantitative estimate of drug-likeness (QED) is 0.630. The second kappa shape index (κ2) is 10.4. The Labute approximate surface area is 181 Å². The summed E-state index contributed by atoms with van der Waals surface area (Å²) in [6.45, 7) is 2.65. The van der Waals surface area contributed by atoms with E-state index < -0.39 is 6.36 Å². The monoisotopic (exact) mass is 454 g/mol. The van der Waals surface area contributed by atoms with Crippen molar-refractivity contribution in [3.05, 3.63) is 54.3 Å². The number of anilines is 2. The predicted molar refractivity (Wildman–Crippen MR) is 110 cm³/mol. The van der Waals surface area contributed by atoms with E-state index in [-0.39, 0.29) is 36.5 Å². The largest absolute Gasteiger partial charge is 0.573 e. The van der Waals surface area contributed by atoms with Gasteiger partial charge in [-0.3, -0.25) is 19.4 Å². The lowest BCUT2D eigenvalue weighted by molar-refractivity contribution is -0.274. The third-order valence-corrected chi connectivity index (χ3v) is 4.70. The minimum Gasteiger partial charge on any atom is -0.406 e. The van der Waals surface area contributed by atoms with Gasteiger partial charge in [-0.15, -0.1) is 13.2 Å². The first-order valence-corrected chi connectivity index (χ1v) is 9.82. The van der Waals surface area contributed by atoms with Gasteiger partial charge in [-0.1, -0.05) is 0 Å². The van der Waals surface area contributed by atoms with Gasteiger partial charge in [0.15, 0.2) is 0 Å². The summed E-state index contributed by atoms with van der Waals surface area (Å²) in [5.74, 6) is -1.25. The SMILES string of the molecule is O=C(CN1CCN(CC(=O)Nc2ccc(OC(F)(F)F)cc2)CC1)Nc1ccc(F)cc1. The summed E-state index contributed by atoms with van der Waals surface area (Å²) in [7, 11) is 0. The van der Waals surface area contributed by atoms with E-state index >= 15 is 0 Å². The Hall–Kier alpha value is -3.18. The Morgan fingerprint density at radius 2 is 1.19 bits per heavy atom. The highest BCUT2D eigenvalue weighted by molar-refractivity contribution is 5.92. The number of halogens is 4. The van der Waals surface area contributed by atoms with Crippen molar-refractivity contribution in [3.63, 3.8) is 0 Å². The average molecular weight is 454 g/mol. The number of alkyl halides is 3. The third-order valence-electron chi connectivity index (χ3n) is 4.70. The zero-order chi connectivity index (χ0) is 23.1. The fourth-order valence-corrected chi connectivity index (χ4v) is 3.19. The maximum Gasteiger partial charge on any atom is 0.573 e. The lowest BCUT2D eigenvalue weighted by Crippen LogP contribution is -2.50. The van der Waals surface area contributed by atoms with Gasteiger partial charge in [-0.25, -0.2) is 4.39 Å². The molecule has 2 amide bonds. The second-order valence-electron chi connectivity index (χ2n) is 7.23. The molecule has 0 atom stereocenters. The standard InChI is InChI=1S/C21H22F4N4O3/c22-15-1-3-16(4-2-15)26-19(30)13-28-9-11-29(12-10-28)14-20(31)27-17-5-7-18(8-6-17)32-21(23,24)25/h1-8H,9-14H2,(H,26,30)(H,27,31). The Balaban J connectivity index is 1.37. The number of amides is 2. The number of carbonyl (C=O) groups is 2. The van der Waals surface area contributed by atoms with Crippen molar-refractivity contribution in [2.75, 3.05) is 49.9 Å². The van der Waals surface area contributed by atoms with Crippen molar-refractivity contribution < 1.29 is 31.9 Å². The smallest absolute Gasteiger partial charge is 0.406 e. The molecular formula is C21H22F4N4O3. The molecule has 1 heterocycles. The van der Waals surface area contributed by atoms with E-state index in [2.05, 4.69) is 15.4 Å². The number of nitrogens with one attached hydrogen (secondary N) is 2. The predicted octanol–water partition coefficient (Wildman–Crippen LogP) is 2.92. The molecule has 1 aliphatic rings. The Kier molecular flexibility index (Phi) is 7.65. The third kappa shape index (κ3) is 7.82. The Morgan fingerprint density at radius 3 is 1.59 bits per heavy atom. The number of ether oxygens (including phenoxy) is 1. The van der Waals surface area contributed by atoms with E-state index in [1.54, 1.807) is 0 Å². The summed E-state index contributed by atoms with van der Waals surface area (Å²) < 4.78 is 53.3. The van der Waals surface area contributed by atoms with Crippen molar-refractivity contribution in [3.8, 4) is 5.75 Å². The van der Waals surface area contributed by atoms with Crippen LogP contribution >= 0.6 is 0 Å². The van der Waals surface area contributed by atoms with Gasteiger partial charge in [0.05, 0.1) is 13.1 Å². The number of hydrogen-bond donors (Lipinski definition) is 2. The Morgan fingerprint density at radius 1 is 0.781 bits per heavy atom. The van der Waals surface area contributed by atoms with Crippen LogP contribution in [0, 0.1) is 5.82 Å². The molecule has 0 radical (unpaired) electrons. The number of carbonyl (C=O) groups excluding carboxylic acids is 2. The highest BCUT2D eigenvalue weighted by atomic mass is 19.4. The lowest BCUT2D eigenvalue weighted by atomic mass is 10.2. The zero-order valence-corrected chi connectivity index (χ0v) is 17.0. The average Bonchev–Trinajstić information content (AvgIpc) is 2.71. The molecule has 0 unspecified atom stereocenters. The van der Waals surface area contributed by atoms with Crippen LogP contribution in [0.3, 0.4) is 0 Å². The van der Waals surface area contributed by atoms with E-state index in [9.17, 15) is 27.2 Å². The first-order valence-electron chi connectivity index (χ1n) is 9.82. The van der Waals surface area contributed by atoms with Crippen molar-refractivity contribution in [2.24, 2.45) is 0 Å². The maximum absolute atomic E-state index is 12.9. The molecule has 0 aromatic heterocycles. The molecule has 0 spiro atoms. The highest BCUT2D eigenvalue weighted by Gasteiger charge is 2.31. The maximum atomic E-state index is 12.9. The van der Waals surface area contributed by atoms with Crippen LogP contribution in [-0.4, -0.2) is 67.2 Å². The van der Waals surface area contributed by atoms with Crippen LogP contribution in [0.15, 0.2) is 48.5 Å². The number of hydrogen-bond acceptors (Lipinski definition) is 5. The molecule has 0 bridgehead atoms. The Bertz CT molecular complexity index is 912. The molecule has 32 heavy (non-hydrogen) atoms. The zero-order valence-electron chi connectivity index (χ0n) is 17.0. The van der Waals surface area contributed by atoms with Gasteiger partial charge >= 0.3 is 6.36 Å². The summed E-state index contributed by atoms with van der Waals surface area (Å²) in [6, 6.07) is 10.4. The topological polar surface area (TPSA) is 73.9 Å². The van der Waals surface area contributed by atoms with Crippen molar-refractivity contribution in [2.45, 2.75) is 6.36 Å². The van der Waals surface area contributed by atoms with Crippen LogP contribution < -0.4 is 15.4 Å². The van der Waals surface area contributed by atoms with Gasteiger partial charge in [0, 0.05) is 37.6 Å². The van der Waals surface area contributed by atoms with Gasteiger partial charge in [0.2, 0.25) is 11.8 Å². The summed E-state index contributed by atoms with van der Waals surface area (Å²) in [6.07, 6.45) is -4.77. The minimum absolute atomic E-state index is 0.121. The molecule has 1 saturated heterocycles. The van der Waals surface area contributed by atoms with Crippen LogP contribution in [0.1, 0.15) is 0 Å². The van der Waals surface area contributed by atoms with E-state index in [4.69, 9.17) is 0 Å². The summed E-state index contributed by atoms with van der Waals surface area (Å²) in [5.41, 5.74) is 0.880. The fraction of sp³-hybridized carbons (Fsp3) is 0.333. The molecule has 1 fully saturated rings. The number of rotatable bonds is 7. The van der Waals surface area contributed by atoms with E-state index in [1.807, 2.05) is 9.80 Å². The second-order valence-corrected chi connectivity index (χ2v) is 7.23. The summed E-state index contributed by atoms with van der Waals surface area (Å²) in [5, 5.41) is 5.34. The molecular weight excluding hydrogens is 432 g/mol. The number of benzene rings is 2. The van der Waals surface area contributed by atoms with Crippen molar-refractivity contribution >= 4 is 23.2 Å². The molecule has 2 aromatic rings. The lowest BCUT2D eigenvalue weighted by Gasteiger charge is -2.33. The molecule has 2 aromatic carbocycles. The first kappa shape index (κ1) is 23.5. The minimum atomic E-state index is -4.77. The van der Waals surface area contributed by atoms with Gasteiger partial charge in [0.25, 0.3) is 0 Å². The molecule has 2 N–H and O–H groups in total. The van der Waals surface area contributed by atoms with Crippen LogP contribution in [0.5, 0.6) is 5.75 Å². The van der Waals surface area contributed by atoms with Crippen LogP contribution in [-0.2, 0) is 9.59 Å². The van der Waals surface area contributed by atoms with Crippen LogP contribution in [0.2, 0.25) is 0 Å². The molecule has 0 saturated carbocycles.